The van der Waals surface area contributed by atoms with Gasteiger partial charge in [0, 0.05) is 23.9 Å². The van der Waals surface area contributed by atoms with Crippen molar-refractivity contribution in [2.75, 3.05) is 13.2 Å². The van der Waals surface area contributed by atoms with Crippen molar-refractivity contribution in [1.29, 1.82) is 5.41 Å². The number of carbonyl (C=O) groups excluding carboxylic acids is 2. The monoisotopic (exact) mass is 755 g/mol. The van der Waals surface area contributed by atoms with Crippen molar-refractivity contribution in [3.63, 3.8) is 0 Å². The van der Waals surface area contributed by atoms with Crippen LogP contribution in [0.25, 0.3) is 16.8 Å². The van der Waals surface area contributed by atoms with Crippen LogP contribution in [0.15, 0.2) is 61.2 Å². The van der Waals surface area contributed by atoms with Crippen molar-refractivity contribution in [1.82, 2.24) is 40.1 Å². The molecule has 0 saturated heterocycles. The molecule has 4 aromatic rings. The number of amides is 2. The molecular formula is C33H36ClF6N9O3. The summed E-state index contributed by atoms with van der Waals surface area (Å²) in [6.07, 6.45) is -3.41. The van der Waals surface area contributed by atoms with Crippen LogP contribution in [0.4, 0.5) is 31.1 Å². The highest BCUT2D eigenvalue weighted by Gasteiger charge is 2.33. The van der Waals surface area contributed by atoms with Crippen LogP contribution < -0.4 is 10.6 Å². The zero-order valence-corrected chi connectivity index (χ0v) is 29.1. The molecule has 0 saturated carbocycles. The summed E-state index contributed by atoms with van der Waals surface area (Å²) in [5.41, 5.74) is 0.663. The Morgan fingerprint density at radius 1 is 1.02 bits per heavy atom. The van der Waals surface area contributed by atoms with Crippen LogP contribution in [0.2, 0.25) is 5.02 Å². The van der Waals surface area contributed by atoms with E-state index < -0.39 is 61.9 Å². The maximum Gasteiger partial charge on any atom is 0.407 e. The topological polar surface area (TPSA) is 143 Å². The van der Waals surface area contributed by atoms with Gasteiger partial charge in [0.15, 0.2) is 11.8 Å². The Balaban J connectivity index is 1.80. The van der Waals surface area contributed by atoms with E-state index in [0.717, 1.165) is 29.0 Å². The van der Waals surface area contributed by atoms with Gasteiger partial charge in [-0.15, -0.1) is 0 Å². The van der Waals surface area contributed by atoms with Gasteiger partial charge in [-0.2, -0.15) is 19.0 Å². The molecule has 2 heterocycles. The molecule has 12 nitrogen and oxygen atoms in total. The number of hydrogen-bond donors (Lipinski definition) is 3. The van der Waals surface area contributed by atoms with Gasteiger partial charge in [-0.1, -0.05) is 50.6 Å². The summed E-state index contributed by atoms with van der Waals surface area (Å²) in [6.45, 7) is 3.62. The lowest BCUT2D eigenvalue weighted by molar-refractivity contribution is 0.0566. The first kappa shape index (κ1) is 39.7. The lowest BCUT2D eigenvalue weighted by atomic mass is 9.92. The highest BCUT2D eigenvalue weighted by Crippen LogP contribution is 2.32. The predicted molar refractivity (Wildman–Crippen MR) is 179 cm³/mol. The Labute approximate surface area is 299 Å². The number of guanidine groups is 1. The van der Waals surface area contributed by atoms with Gasteiger partial charge in [0.1, 0.15) is 12.9 Å². The number of halogens is 7. The molecule has 0 bridgehead atoms. The summed E-state index contributed by atoms with van der Waals surface area (Å²) in [6, 6.07) is 6.80. The van der Waals surface area contributed by atoms with E-state index in [4.69, 9.17) is 21.7 Å². The average Bonchev–Trinajstić information content (AvgIpc) is 3.77. The number of alkyl carbamates (subject to hydrolysis) is 1. The summed E-state index contributed by atoms with van der Waals surface area (Å²) >= 11 is 6.40. The number of hydrogen-bond acceptors (Lipinski definition) is 7. The second-order valence-corrected chi connectivity index (χ2v) is 13.2. The van der Waals surface area contributed by atoms with Gasteiger partial charge in [-0.05, 0) is 54.2 Å². The van der Waals surface area contributed by atoms with Gasteiger partial charge in [0.25, 0.3) is 18.8 Å². The molecule has 0 spiro atoms. The summed E-state index contributed by atoms with van der Waals surface area (Å²) in [5, 5.41) is 21.3. The molecule has 2 aromatic heterocycles. The van der Waals surface area contributed by atoms with Crippen molar-refractivity contribution in [3.05, 3.63) is 83.2 Å². The van der Waals surface area contributed by atoms with Crippen molar-refractivity contribution in [2.24, 2.45) is 5.41 Å². The molecule has 4 rings (SSSR count). The summed E-state index contributed by atoms with van der Waals surface area (Å²) in [7, 11) is 0. The first-order valence-electron chi connectivity index (χ1n) is 15.7. The Morgan fingerprint density at radius 3 is 2.31 bits per heavy atom. The third-order valence-corrected chi connectivity index (χ3v) is 7.97. The smallest absolute Gasteiger partial charge is 0.407 e. The Bertz CT molecular complexity index is 1850. The average molecular weight is 756 g/mol. The third-order valence-electron chi connectivity index (χ3n) is 7.65. The molecule has 0 fully saturated rings. The van der Waals surface area contributed by atoms with Crippen molar-refractivity contribution in [3.8, 4) is 16.8 Å². The molecule has 0 aliphatic heterocycles. The molecule has 0 aliphatic carbocycles. The van der Waals surface area contributed by atoms with Crippen LogP contribution in [0, 0.1) is 10.8 Å². The number of carbonyl (C=O) groups is 2. The van der Waals surface area contributed by atoms with Crippen LogP contribution in [0.3, 0.4) is 0 Å². The molecule has 3 N–H and O–H groups in total. The van der Waals surface area contributed by atoms with E-state index in [0.29, 0.717) is 22.2 Å². The first-order chi connectivity index (χ1) is 24.5. The first-order valence-corrected chi connectivity index (χ1v) is 16.1. The van der Waals surface area contributed by atoms with E-state index in [9.17, 15) is 35.9 Å². The molecule has 2 aromatic carbocycles. The van der Waals surface area contributed by atoms with Gasteiger partial charge >= 0.3 is 12.6 Å². The van der Waals surface area contributed by atoms with Crippen molar-refractivity contribution < 1.29 is 40.7 Å². The molecule has 52 heavy (non-hydrogen) atoms. The van der Waals surface area contributed by atoms with E-state index in [2.05, 4.69) is 20.5 Å². The van der Waals surface area contributed by atoms with Crippen LogP contribution >= 0.6 is 11.6 Å². The largest absolute Gasteiger partial charge is 0.447 e. The quantitative estimate of drug-likeness (QED) is 0.0723. The second kappa shape index (κ2) is 16.9. The molecule has 19 heteroatoms. The zero-order chi connectivity index (χ0) is 38.3. The van der Waals surface area contributed by atoms with Gasteiger partial charge in [-0.25, -0.2) is 36.7 Å². The Kier molecular flexibility index (Phi) is 12.9. The van der Waals surface area contributed by atoms with Gasteiger partial charge in [0.2, 0.25) is 0 Å². The predicted octanol–water partition coefficient (Wildman–Crippen LogP) is 7.64. The summed E-state index contributed by atoms with van der Waals surface area (Å²) in [4.78, 5) is 31.5. The fraction of sp³-hybridized carbons (Fsp3) is 0.394. The minimum absolute atomic E-state index is 0.0126. The van der Waals surface area contributed by atoms with E-state index in [-0.39, 0.29) is 33.8 Å². The van der Waals surface area contributed by atoms with E-state index in [1.807, 2.05) is 26.1 Å². The highest BCUT2D eigenvalue weighted by atomic mass is 35.5. The Hall–Kier alpha value is -5.13. The van der Waals surface area contributed by atoms with E-state index >= 15 is 0 Å². The number of rotatable bonds is 13. The van der Waals surface area contributed by atoms with Crippen LogP contribution in [0.5, 0.6) is 0 Å². The maximum absolute atomic E-state index is 14.4. The molecule has 2 amide bonds. The minimum Gasteiger partial charge on any atom is -0.447 e. The van der Waals surface area contributed by atoms with Gasteiger partial charge < -0.3 is 15.4 Å². The zero-order valence-electron chi connectivity index (χ0n) is 28.3. The Morgan fingerprint density at radius 2 is 1.71 bits per heavy atom. The van der Waals surface area contributed by atoms with Crippen molar-refractivity contribution in [2.45, 2.75) is 65.6 Å². The molecule has 0 radical (unpaired) electrons. The van der Waals surface area contributed by atoms with Crippen LogP contribution in [-0.4, -0.2) is 73.0 Å². The minimum atomic E-state index is -3.05. The maximum atomic E-state index is 14.4. The number of nitrogens with one attached hydrogen (secondary N) is 3. The summed E-state index contributed by atoms with van der Waals surface area (Å²) in [5.74, 6) is -1.99. The fourth-order valence-electron chi connectivity index (χ4n) is 4.83. The fourth-order valence-corrected chi connectivity index (χ4v) is 5.02. The standard InChI is InChI=1S/C33H36ClF6N9O3/c1-18(26(35)36)46-32(51)52-16-25(21-9-10-23(34)24(13-21)49-28(27(37)38)43-17-45-49)48(31(41)42-12-11-33(2,3)4)29(50)20-7-5-19(6-8-20)22-14-44-47(15-22)30(39)40/h5-10,13-15,17-18,25-27,30H,11-12,16H2,1-4H3,(H2,41,42)(H,46,51)/t18-,25+/m0/s1. The van der Waals surface area contributed by atoms with Crippen LogP contribution in [0.1, 0.15) is 74.9 Å². The number of aromatic nitrogens is 5. The van der Waals surface area contributed by atoms with Gasteiger partial charge in [0.05, 0.1) is 29.0 Å². The normalized spacial score (nSPS) is 13.0. The second-order valence-electron chi connectivity index (χ2n) is 12.7. The molecule has 0 unspecified atom stereocenters. The number of nitrogens with zero attached hydrogens (tertiary/aromatic N) is 6. The molecule has 280 valence electrons. The number of benzene rings is 2. The lowest BCUT2D eigenvalue weighted by Gasteiger charge is -2.33. The highest BCUT2D eigenvalue weighted by molar-refractivity contribution is 6.32. The van der Waals surface area contributed by atoms with Gasteiger partial charge in [-0.3, -0.25) is 15.1 Å². The molecular weight excluding hydrogens is 720 g/mol. The summed E-state index contributed by atoms with van der Waals surface area (Å²) < 4.78 is 86.7. The number of alkyl halides is 6. The van der Waals surface area contributed by atoms with E-state index in [1.54, 1.807) is 0 Å². The van der Waals surface area contributed by atoms with Crippen LogP contribution in [-0.2, 0) is 4.74 Å². The molecule has 2 atom stereocenters. The third kappa shape index (κ3) is 10.0. The lowest BCUT2D eigenvalue weighted by Crippen LogP contribution is -2.49. The SMILES string of the molecule is C[C@H](NC(=O)OC[C@H](c1ccc(Cl)c(-n2ncnc2C(F)F)c1)N(C(=N)NCCC(C)(C)C)C(=O)c1ccc(-c2cnn(C(F)F)c2)cc1)C(F)F. The van der Waals surface area contributed by atoms with Crippen molar-refractivity contribution >= 4 is 29.6 Å². The number of ether oxygens (including phenoxy) is 1. The van der Waals surface area contributed by atoms with E-state index in [1.165, 1.54) is 48.7 Å². The molecule has 0 aliphatic rings.